The summed E-state index contributed by atoms with van der Waals surface area (Å²) in [7, 11) is 0. The first-order chi connectivity index (χ1) is 9.51. The highest BCUT2D eigenvalue weighted by molar-refractivity contribution is 7.80. The topological polar surface area (TPSA) is 72.4 Å². The minimum atomic E-state index is -0.407. The molecule has 2 N–H and O–H groups in total. The second-order valence-electron chi connectivity index (χ2n) is 4.69. The number of thiocarbonyl (C=S) groups is 1. The third-order valence-electron chi connectivity index (χ3n) is 3.08. The molecule has 0 spiro atoms. The van der Waals surface area contributed by atoms with E-state index in [4.69, 9.17) is 18.0 Å². The molecule has 1 atom stereocenters. The van der Waals surface area contributed by atoms with Gasteiger partial charge >= 0.3 is 0 Å². The highest BCUT2D eigenvalue weighted by Crippen LogP contribution is 2.24. The zero-order valence-corrected chi connectivity index (χ0v) is 12.7. The standard InChI is InChI=1S/C14H21N3O2S/c1-3-9-16(10-4-2)13(14(15)20)11-5-7-12(8-6-11)17(18)19/h5-8,13H,3-4,9-10H2,1-2H3,(H2,15,20). The molecule has 0 heterocycles. The zero-order chi connectivity index (χ0) is 15.1. The van der Waals surface area contributed by atoms with Crippen molar-refractivity contribution in [3.63, 3.8) is 0 Å². The first kappa shape index (κ1) is 16.5. The Morgan fingerprint density at radius 3 is 2.15 bits per heavy atom. The van der Waals surface area contributed by atoms with Crippen LogP contribution in [0.5, 0.6) is 0 Å². The van der Waals surface area contributed by atoms with Crippen molar-refractivity contribution >= 4 is 22.9 Å². The predicted octanol–water partition coefficient (Wildman–Crippen LogP) is 3.04. The van der Waals surface area contributed by atoms with Crippen LogP contribution in [0.25, 0.3) is 0 Å². The van der Waals surface area contributed by atoms with Crippen LogP contribution in [-0.4, -0.2) is 27.9 Å². The molecule has 5 nitrogen and oxygen atoms in total. The Hall–Kier alpha value is -1.53. The molecule has 0 aliphatic carbocycles. The lowest BCUT2D eigenvalue weighted by atomic mass is 10.0. The molecule has 0 aliphatic heterocycles. The van der Waals surface area contributed by atoms with Gasteiger partial charge in [-0.15, -0.1) is 0 Å². The number of rotatable bonds is 8. The van der Waals surface area contributed by atoms with Crippen molar-refractivity contribution in [1.82, 2.24) is 4.90 Å². The fraction of sp³-hybridized carbons (Fsp3) is 0.500. The molecular formula is C14H21N3O2S. The van der Waals surface area contributed by atoms with Gasteiger partial charge < -0.3 is 5.73 Å². The minimum absolute atomic E-state index is 0.0768. The molecule has 0 amide bonds. The molecule has 0 aromatic heterocycles. The predicted molar refractivity (Wildman–Crippen MR) is 84.8 cm³/mol. The Kier molecular flexibility index (Phi) is 6.54. The van der Waals surface area contributed by atoms with Crippen molar-refractivity contribution in [2.24, 2.45) is 5.73 Å². The summed E-state index contributed by atoms with van der Waals surface area (Å²) in [6, 6.07) is 6.30. The van der Waals surface area contributed by atoms with E-state index in [9.17, 15) is 10.1 Å². The van der Waals surface area contributed by atoms with Gasteiger partial charge in [-0.1, -0.05) is 38.2 Å². The second kappa shape index (κ2) is 7.91. The van der Waals surface area contributed by atoms with Gasteiger partial charge in [-0.3, -0.25) is 15.0 Å². The van der Waals surface area contributed by atoms with Gasteiger partial charge in [0.2, 0.25) is 0 Å². The van der Waals surface area contributed by atoms with Gasteiger partial charge in [0.1, 0.15) is 0 Å². The summed E-state index contributed by atoms with van der Waals surface area (Å²) in [5, 5.41) is 10.7. The van der Waals surface area contributed by atoms with Crippen LogP contribution in [-0.2, 0) is 0 Å². The summed E-state index contributed by atoms with van der Waals surface area (Å²) in [5.41, 5.74) is 6.87. The Balaban J connectivity index is 3.05. The molecule has 110 valence electrons. The van der Waals surface area contributed by atoms with Crippen LogP contribution >= 0.6 is 12.2 Å². The minimum Gasteiger partial charge on any atom is -0.392 e. The van der Waals surface area contributed by atoms with Gasteiger partial charge in [0.15, 0.2) is 0 Å². The van der Waals surface area contributed by atoms with Gasteiger partial charge in [-0.25, -0.2) is 0 Å². The number of nitrogens with two attached hydrogens (primary N) is 1. The van der Waals surface area contributed by atoms with E-state index >= 15 is 0 Å². The number of nitrogens with zero attached hydrogens (tertiary/aromatic N) is 2. The van der Waals surface area contributed by atoms with Crippen molar-refractivity contribution in [3.8, 4) is 0 Å². The fourth-order valence-corrected chi connectivity index (χ4v) is 2.56. The van der Waals surface area contributed by atoms with Crippen LogP contribution in [0.3, 0.4) is 0 Å². The average molecular weight is 295 g/mol. The number of benzene rings is 1. The molecule has 20 heavy (non-hydrogen) atoms. The maximum Gasteiger partial charge on any atom is 0.269 e. The normalized spacial score (nSPS) is 12.3. The van der Waals surface area contributed by atoms with Crippen molar-refractivity contribution in [1.29, 1.82) is 0 Å². The monoisotopic (exact) mass is 295 g/mol. The lowest BCUT2D eigenvalue weighted by molar-refractivity contribution is -0.384. The van der Waals surface area contributed by atoms with Crippen LogP contribution in [0.1, 0.15) is 38.3 Å². The van der Waals surface area contributed by atoms with E-state index in [-0.39, 0.29) is 11.7 Å². The largest absolute Gasteiger partial charge is 0.392 e. The highest BCUT2D eigenvalue weighted by atomic mass is 32.1. The number of hydrogen-bond donors (Lipinski definition) is 1. The number of hydrogen-bond acceptors (Lipinski definition) is 4. The average Bonchev–Trinajstić information content (AvgIpc) is 2.39. The van der Waals surface area contributed by atoms with Crippen LogP contribution in [0, 0.1) is 10.1 Å². The molecule has 0 aliphatic rings. The number of non-ortho nitro benzene ring substituents is 1. The third kappa shape index (κ3) is 4.25. The molecule has 1 aromatic rings. The maximum atomic E-state index is 10.7. The maximum absolute atomic E-state index is 10.7. The van der Waals surface area contributed by atoms with Crippen molar-refractivity contribution < 1.29 is 4.92 Å². The molecular weight excluding hydrogens is 274 g/mol. The summed E-state index contributed by atoms with van der Waals surface area (Å²) in [6.45, 7) is 6.00. The van der Waals surface area contributed by atoms with Gasteiger partial charge in [0.25, 0.3) is 5.69 Å². The lowest BCUT2D eigenvalue weighted by Gasteiger charge is -2.30. The highest BCUT2D eigenvalue weighted by Gasteiger charge is 2.22. The first-order valence-corrected chi connectivity index (χ1v) is 7.19. The molecule has 1 unspecified atom stereocenters. The van der Waals surface area contributed by atoms with E-state index in [1.165, 1.54) is 12.1 Å². The molecule has 1 aromatic carbocycles. The molecule has 0 bridgehead atoms. The summed E-state index contributed by atoms with van der Waals surface area (Å²) < 4.78 is 0. The van der Waals surface area contributed by atoms with Crippen molar-refractivity contribution in [2.45, 2.75) is 32.7 Å². The van der Waals surface area contributed by atoms with Crippen LogP contribution in [0.4, 0.5) is 5.69 Å². The van der Waals surface area contributed by atoms with Crippen molar-refractivity contribution in [2.75, 3.05) is 13.1 Å². The van der Waals surface area contributed by atoms with E-state index < -0.39 is 4.92 Å². The van der Waals surface area contributed by atoms with Gasteiger partial charge in [-0.2, -0.15) is 0 Å². The van der Waals surface area contributed by atoms with E-state index in [1.54, 1.807) is 12.1 Å². The Bertz CT molecular complexity index is 456. The van der Waals surface area contributed by atoms with Crippen LogP contribution < -0.4 is 5.73 Å². The fourth-order valence-electron chi connectivity index (χ4n) is 2.28. The SMILES string of the molecule is CCCN(CCC)C(C(N)=S)c1ccc([N+](=O)[O-])cc1. The summed E-state index contributed by atoms with van der Waals surface area (Å²) in [4.78, 5) is 12.9. The Morgan fingerprint density at radius 1 is 1.30 bits per heavy atom. The van der Waals surface area contributed by atoms with Gasteiger partial charge in [0, 0.05) is 12.1 Å². The van der Waals surface area contributed by atoms with E-state index in [0.717, 1.165) is 31.5 Å². The summed E-state index contributed by atoms with van der Waals surface area (Å²) in [6.07, 6.45) is 2.01. The van der Waals surface area contributed by atoms with Gasteiger partial charge in [-0.05, 0) is 31.5 Å². The van der Waals surface area contributed by atoms with Gasteiger partial charge in [0.05, 0.1) is 16.0 Å². The molecule has 0 saturated heterocycles. The first-order valence-electron chi connectivity index (χ1n) is 6.79. The van der Waals surface area contributed by atoms with Crippen molar-refractivity contribution in [3.05, 3.63) is 39.9 Å². The third-order valence-corrected chi connectivity index (χ3v) is 3.30. The van der Waals surface area contributed by atoms with Crippen LogP contribution in [0.15, 0.2) is 24.3 Å². The van der Waals surface area contributed by atoms with Crippen LogP contribution in [0.2, 0.25) is 0 Å². The number of nitro groups is 1. The molecule has 0 radical (unpaired) electrons. The molecule has 0 saturated carbocycles. The Morgan fingerprint density at radius 2 is 1.80 bits per heavy atom. The Labute approximate surface area is 124 Å². The quantitative estimate of drug-likeness (QED) is 0.453. The molecule has 6 heteroatoms. The summed E-state index contributed by atoms with van der Waals surface area (Å²) in [5.74, 6) is 0. The van der Waals surface area contributed by atoms with E-state index in [2.05, 4.69) is 18.7 Å². The number of nitro benzene ring substituents is 1. The molecule has 0 fully saturated rings. The zero-order valence-electron chi connectivity index (χ0n) is 11.9. The van der Waals surface area contributed by atoms with E-state index in [0.29, 0.717) is 4.99 Å². The summed E-state index contributed by atoms with van der Waals surface area (Å²) >= 11 is 5.19. The molecule has 1 rings (SSSR count). The lowest BCUT2D eigenvalue weighted by Crippen LogP contribution is -2.37. The second-order valence-corrected chi connectivity index (χ2v) is 5.16. The smallest absolute Gasteiger partial charge is 0.269 e. The van der Waals surface area contributed by atoms with E-state index in [1.807, 2.05) is 0 Å².